The van der Waals surface area contributed by atoms with Gasteiger partial charge < -0.3 is 15.1 Å². The SMILES string of the molecule is Cc1cccc(N2CCN(C(=O)c3cc(Nc4ccccc4C)ccn3)CC2)c1. The maximum Gasteiger partial charge on any atom is 0.272 e. The van der Waals surface area contributed by atoms with Gasteiger partial charge in [-0.05, 0) is 55.3 Å². The van der Waals surface area contributed by atoms with Gasteiger partial charge in [0.25, 0.3) is 5.91 Å². The van der Waals surface area contributed by atoms with E-state index in [4.69, 9.17) is 0 Å². The first-order valence-electron chi connectivity index (χ1n) is 10.00. The average Bonchev–Trinajstić information content (AvgIpc) is 2.75. The maximum absolute atomic E-state index is 13.0. The fourth-order valence-electron chi connectivity index (χ4n) is 3.65. The van der Waals surface area contributed by atoms with Gasteiger partial charge in [-0.3, -0.25) is 9.78 Å². The van der Waals surface area contributed by atoms with E-state index < -0.39 is 0 Å². The Labute approximate surface area is 172 Å². The molecular formula is C24H26N4O. The van der Waals surface area contributed by atoms with Crippen LogP contribution in [0.2, 0.25) is 0 Å². The monoisotopic (exact) mass is 386 g/mol. The van der Waals surface area contributed by atoms with E-state index in [9.17, 15) is 4.79 Å². The number of aromatic nitrogens is 1. The van der Waals surface area contributed by atoms with Crippen molar-refractivity contribution in [3.05, 3.63) is 83.7 Å². The van der Waals surface area contributed by atoms with Crippen molar-refractivity contribution in [1.82, 2.24) is 9.88 Å². The van der Waals surface area contributed by atoms with E-state index in [1.165, 1.54) is 11.3 Å². The van der Waals surface area contributed by atoms with Crippen LogP contribution in [0.5, 0.6) is 0 Å². The summed E-state index contributed by atoms with van der Waals surface area (Å²) in [7, 11) is 0. The summed E-state index contributed by atoms with van der Waals surface area (Å²) >= 11 is 0. The Morgan fingerprint density at radius 2 is 1.72 bits per heavy atom. The number of carbonyl (C=O) groups is 1. The molecule has 0 aliphatic carbocycles. The quantitative estimate of drug-likeness (QED) is 0.722. The summed E-state index contributed by atoms with van der Waals surface area (Å²) in [6, 6.07) is 20.3. The molecular weight excluding hydrogens is 360 g/mol. The fraction of sp³-hybridized carbons (Fsp3) is 0.250. The van der Waals surface area contributed by atoms with Gasteiger partial charge in [0.2, 0.25) is 0 Å². The minimum atomic E-state index is -0.0117. The van der Waals surface area contributed by atoms with Crippen molar-refractivity contribution in [1.29, 1.82) is 0 Å². The molecule has 29 heavy (non-hydrogen) atoms. The zero-order valence-corrected chi connectivity index (χ0v) is 16.9. The average molecular weight is 386 g/mol. The van der Waals surface area contributed by atoms with Gasteiger partial charge in [0.1, 0.15) is 5.69 Å². The molecule has 1 N–H and O–H groups in total. The number of pyridine rings is 1. The number of hydrogen-bond donors (Lipinski definition) is 1. The summed E-state index contributed by atoms with van der Waals surface area (Å²) in [5.41, 5.74) is 6.01. The number of carbonyl (C=O) groups excluding carboxylic acids is 1. The second-order valence-electron chi connectivity index (χ2n) is 7.49. The molecule has 0 spiro atoms. The van der Waals surface area contributed by atoms with Crippen LogP contribution in [0, 0.1) is 13.8 Å². The summed E-state index contributed by atoms with van der Waals surface area (Å²) in [5.74, 6) is -0.0117. The number of amides is 1. The second-order valence-corrected chi connectivity index (χ2v) is 7.49. The Morgan fingerprint density at radius 1 is 0.931 bits per heavy atom. The molecule has 0 bridgehead atoms. The van der Waals surface area contributed by atoms with Gasteiger partial charge in [0, 0.05) is 49.4 Å². The Morgan fingerprint density at radius 3 is 2.48 bits per heavy atom. The summed E-state index contributed by atoms with van der Waals surface area (Å²) in [6.45, 7) is 7.22. The number of rotatable bonds is 4. The highest BCUT2D eigenvalue weighted by Gasteiger charge is 2.23. The van der Waals surface area contributed by atoms with E-state index >= 15 is 0 Å². The largest absolute Gasteiger partial charge is 0.368 e. The van der Waals surface area contributed by atoms with E-state index in [0.717, 1.165) is 30.0 Å². The van der Waals surface area contributed by atoms with E-state index in [0.29, 0.717) is 18.8 Å². The minimum Gasteiger partial charge on any atom is -0.368 e. The molecule has 0 atom stereocenters. The van der Waals surface area contributed by atoms with Gasteiger partial charge >= 0.3 is 0 Å². The molecule has 1 amide bonds. The molecule has 1 aromatic heterocycles. The van der Waals surface area contributed by atoms with E-state index in [2.05, 4.69) is 59.4 Å². The standard InChI is InChI=1S/C24H26N4O/c1-18-6-5-8-21(16-18)27-12-14-28(15-13-27)24(29)23-17-20(10-11-25-23)26-22-9-4-3-7-19(22)2/h3-11,16-17H,12-15H2,1-2H3,(H,25,26). The number of anilines is 3. The summed E-state index contributed by atoms with van der Waals surface area (Å²) in [5, 5.41) is 3.39. The Bertz CT molecular complexity index is 1010. The molecule has 1 aliphatic heterocycles. The molecule has 148 valence electrons. The van der Waals surface area contributed by atoms with Crippen molar-refractivity contribution < 1.29 is 4.79 Å². The molecule has 2 aromatic carbocycles. The Kier molecular flexibility index (Phi) is 5.47. The van der Waals surface area contributed by atoms with Crippen LogP contribution in [0.15, 0.2) is 66.9 Å². The van der Waals surface area contributed by atoms with E-state index in [1.807, 2.05) is 35.2 Å². The molecule has 2 heterocycles. The van der Waals surface area contributed by atoms with Crippen molar-refractivity contribution in [2.75, 3.05) is 36.4 Å². The lowest BCUT2D eigenvalue weighted by atomic mass is 10.1. The minimum absolute atomic E-state index is 0.0117. The lowest BCUT2D eigenvalue weighted by molar-refractivity contribution is 0.0741. The molecule has 1 aliphatic rings. The third kappa shape index (κ3) is 4.40. The normalized spacial score (nSPS) is 14.0. The van der Waals surface area contributed by atoms with Gasteiger partial charge in [-0.15, -0.1) is 0 Å². The predicted octanol–water partition coefficient (Wildman–Crippen LogP) is 4.40. The van der Waals surface area contributed by atoms with Crippen LogP contribution in [-0.4, -0.2) is 42.0 Å². The molecule has 5 heteroatoms. The summed E-state index contributed by atoms with van der Waals surface area (Å²) in [4.78, 5) is 21.5. The first-order chi connectivity index (χ1) is 14.1. The van der Waals surface area contributed by atoms with Gasteiger partial charge in [-0.2, -0.15) is 0 Å². The second kappa shape index (κ2) is 8.35. The highest BCUT2D eigenvalue weighted by Crippen LogP contribution is 2.22. The Hall–Kier alpha value is -3.34. The van der Waals surface area contributed by atoms with Crippen molar-refractivity contribution >= 4 is 23.0 Å². The zero-order valence-electron chi connectivity index (χ0n) is 16.9. The van der Waals surface area contributed by atoms with Crippen molar-refractivity contribution in [2.24, 2.45) is 0 Å². The van der Waals surface area contributed by atoms with Gasteiger partial charge in [-0.1, -0.05) is 30.3 Å². The van der Waals surface area contributed by atoms with Crippen molar-refractivity contribution in [3.63, 3.8) is 0 Å². The molecule has 4 rings (SSSR count). The summed E-state index contributed by atoms with van der Waals surface area (Å²) < 4.78 is 0. The zero-order chi connectivity index (χ0) is 20.2. The van der Waals surface area contributed by atoms with Gasteiger partial charge in [0.15, 0.2) is 0 Å². The number of piperazine rings is 1. The number of nitrogens with zero attached hydrogens (tertiary/aromatic N) is 3. The molecule has 5 nitrogen and oxygen atoms in total. The maximum atomic E-state index is 13.0. The van der Waals surface area contributed by atoms with Crippen LogP contribution in [0.25, 0.3) is 0 Å². The number of para-hydroxylation sites is 1. The molecule has 0 saturated carbocycles. The number of aryl methyl sites for hydroxylation is 2. The van der Waals surface area contributed by atoms with Crippen LogP contribution >= 0.6 is 0 Å². The van der Waals surface area contributed by atoms with Crippen LogP contribution in [0.1, 0.15) is 21.6 Å². The first kappa shape index (κ1) is 19.0. The Balaban J connectivity index is 1.42. The van der Waals surface area contributed by atoms with Crippen molar-refractivity contribution in [2.45, 2.75) is 13.8 Å². The lowest BCUT2D eigenvalue weighted by Gasteiger charge is -2.36. The molecule has 0 radical (unpaired) electrons. The molecule has 0 unspecified atom stereocenters. The van der Waals surface area contributed by atoms with E-state index in [-0.39, 0.29) is 5.91 Å². The van der Waals surface area contributed by atoms with Crippen molar-refractivity contribution in [3.8, 4) is 0 Å². The molecule has 3 aromatic rings. The smallest absolute Gasteiger partial charge is 0.272 e. The van der Waals surface area contributed by atoms with Gasteiger partial charge in [0.05, 0.1) is 0 Å². The van der Waals surface area contributed by atoms with Crippen LogP contribution in [-0.2, 0) is 0 Å². The summed E-state index contributed by atoms with van der Waals surface area (Å²) in [6.07, 6.45) is 1.69. The van der Waals surface area contributed by atoms with Crippen LogP contribution in [0.3, 0.4) is 0 Å². The predicted molar refractivity (Wildman–Crippen MR) is 118 cm³/mol. The highest BCUT2D eigenvalue weighted by atomic mass is 16.2. The lowest BCUT2D eigenvalue weighted by Crippen LogP contribution is -2.49. The highest BCUT2D eigenvalue weighted by molar-refractivity contribution is 5.93. The number of nitrogens with one attached hydrogen (secondary N) is 1. The number of hydrogen-bond acceptors (Lipinski definition) is 4. The fourth-order valence-corrected chi connectivity index (χ4v) is 3.65. The molecule has 1 fully saturated rings. The number of benzene rings is 2. The first-order valence-corrected chi connectivity index (χ1v) is 10.00. The van der Waals surface area contributed by atoms with Gasteiger partial charge in [-0.25, -0.2) is 0 Å². The third-order valence-electron chi connectivity index (χ3n) is 5.34. The topological polar surface area (TPSA) is 48.5 Å². The van der Waals surface area contributed by atoms with E-state index in [1.54, 1.807) is 6.20 Å². The molecule has 1 saturated heterocycles. The van der Waals surface area contributed by atoms with Crippen LogP contribution in [0.4, 0.5) is 17.1 Å². The van der Waals surface area contributed by atoms with Crippen LogP contribution < -0.4 is 10.2 Å². The third-order valence-corrected chi connectivity index (χ3v) is 5.34.